The van der Waals surface area contributed by atoms with Crippen LogP contribution >= 0.6 is 12.6 Å². The van der Waals surface area contributed by atoms with Gasteiger partial charge in [-0.3, -0.25) is 0 Å². The fraction of sp³-hybridized carbons (Fsp3) is 1.00. The average molecular weight is 97.1 g/mol. The minimum atomic E-state index is 0. The molecule has 0 saturated heterocycles. The Balaban J connectivity index is 0. The summed E-state index contributed by atoms with van der Waals surface area (Å²) in [5.74, 6) is 1.04. The maximum atomic E-state index is 4.00. The van der Waals surface area contributed by atoms with Gasteiger partial charge in [0.2, 0.25) is 0 Å². The van der Waals surface area contributed by atoms with Crippen molar-refractivity contribution in [3.63, 3.8) is 0 Å². The van der Waals surface area contributed by atoms with Gasteiger partial charge in [0.25, 0.3) is 0 Å². The summed E-state index contributed by atoms with van der Waals surface area (Å²) in [5.41, 5.74) is 0. The molecule has 33 valence electrons. The normalized spacial score (nSPS) is 7.00. The summed E-state index contributed by atoms with van der Waals surface area (Å²) in [7, 11) is 0. The van der Waals surface area contributed by atoms with Crippen LogP contribution in [-0.2, 0) is 0 Å². The predicted molar refractivity (Wildman–Crippen MR) is 34.5 cm³/mol. The van der Waals surface area contributed by atoms with Crippen molar-refractivity contribution in [1.29, 1.82) is 0 Å². The molecule has 0 saturated carbocycles. The molecule has 0 aromatic heterocycles. The van der Waals surface area contributed by atoms with Crippen LogP contribution in [0.4, 0.5) is 0 Å². The van der Waals surface area contributed by atoms with Crippen LogP contribution in [-0.4, -0.2) is 24.6 Å². The Morgan fingerprint density at radius 1 is 1.50 bits per heavy atom. The Labute approximate surface area is 57.3 Å². The minimum Gasteiger partial charge on any atom is -0.179 e. The van der Waals surface area contributed by atoms with Crippen molar-refractivity contribution >= 4 is 31.5 Å². The van der Waals surface area contributed by atoms with E-state index in [2.05, 4.69) is 19.6 Å². The van der Waals surface area contributed by atoms with Gasteiger partial charge < -0.3 is 0 Å². The number of thiol groups is 1. The van der Waals surface area contributed by atoms with Gasteiger partial charge >= 0.3 is 0 Å². The van der Waals surface area contributed by atoms with Gasteiger partial charge in [0, 0.05) is 18.9 Å². The number of hydrogen-bond donors (Lipinski definition) is 1. The smallest absolute Gasteiger partial charge is 0 e. The Kier molecular flexibility index (Phi) is 15.6. The summed E-state index contributed by atoms with van der Waals surface area (Å²) in [4.78, 5) is 0. The van der Waals surface area contributed by atoms with Gasteiger partial charge in [-0.05, 0) is 12.2 Å². The van der Waals surface area contributed by atoms with E-state index in [1.54, 1.807) is 0 Å². The third kappa shape index (κ3) is 8.87. The van der Waals surface area contributed by atoms with Crippen LogP contribution < -0.4 is 0 Å². The fourth-order valence-corrected chi connectivity index (χ4v) is 0.474. The first kappa shape index (κ1) is 10.0. The molecular weight excluding hydrogens is 87.1 g/mol. The molecule has 2 heteroatoms. The minimum absolute atomic E-state index is 0. The summed E-state index contributed by atoms with van der Waals surface area (Å²) in [6.07, 6.45) is 2.52. The van der Waals surface area contributed by atoms with Gasteiger partial charge in [-0.15, -0.1) is 0 Å². The molecule has 0 fully saturated rings. The topological polar surface area (TPSA) is 0 Å². The van der Waals surface area contributed by atoms with Crippen molar-refractivity contribution in [2.75, 3.05) is 5.75 Å². The zero-order valence-corrected chi connectivity index (χ0v) is 5.46. The molecule has 0 heterocycles. The molecule has 0 aliphatic heterocycles. The molecule has 0 spiro atoms. The van der Waals surface area contributed by atoms with E-state index in [1.807, 2.05) is 0 Å². The first-order valence-electron chi connectivity index (χ1n) is 2.02. The van der Waals surface area contributed by atoms with Gasteiger partial charge in [-0.25, -0.2) is 0 Å². The molecule has 0 aliphatic rings. The molecule has 0 aliphatic carbocycles. The number of unbranched alkanes of at least 4 members (excludes halogenated alkanes) is 1. The van der Waals surface area contributed by atoms with Crippen LogP contribution in [0, 0.1) is 0 Å². The van der Waals surface area contributed by atoms with Gasteiger partial charge in [0.15, 0.2) is 0 Å². The molecule has 0 bridgehead atoms. The second-order valence-corrected chi connectivity index (χ2v) is 1.52. The standard InChI is InChI=1S/C4H10S.Li/c1-2-3-4-5;/h5H,2-4H2,1H3;. The predicted octanol–water partition coefficient (Wildman–Crippen LogP) is 1.34. The molecule has 0 aromatic carbocycles. The molecule has 0 nitrogen and oxygen atoms in total. The fourth-order valence-electron chi connectivity index (χ4n) is 0.158. The Hall–Kier alpha value is 0.947. The van der Waals surface area contributed by atoms with Crippen LogP contribution in [0.5, 0.6) is 0 Å². The summed E-state index contributed by atoms with van der Waals surface area (Å²) >= 11 is 4.00. The van der Waals surface area contributed by atoms with Crippen molar-refractivity contribution in [3.05, 3.63) is 0 Å². The van der Waals surface area contributed by atoms with Crippen molar-refractivity contribution in [2.45, 2.75) is 19.8 Å². The van der Waals surface area contributed by atoms with Crippen LogP contribution in [0.15, 0.2) is 0 Å². The molecule has 0 rings (SSSR count). The maximum absolute atomic E-state index is 4.00. The maximum Gasteiger partial charge on any atom is 0 e. The van der Waals surface area contributed by atoms with Gasteiger partial charge in [-0.1, -0.05) is 13.3 Å². The van der Waals surface area contributed by atoms with E-state index >= 15 is 0 Å². The first-order chi connectivity index (χ1) is 2.41. The number of rotatable bonds is 2. The molecule has 0 atom stereocenters. The van der Waals surface area contributed by atoms with E-state index in [4.69, 9.17) is 0 Å². The van der Waals surface area contributed by atoms with E-state index in [-0.39, 0.29) is 18.9 Å². The van der Waals surface area contributed by atoms with Gasteiger partial charge in [0.05, 0.1) is 0 Å². The Morgan fingerprint density at radius 3 is 2.00 bits per heavy atom. The number of hydrogen-bond acceptors (Lipinski definition) is 1. The Morgan fingerprint density at radius 2 is 2.00 bits per heavy atom. The van der Waals surface area contributed by atoms with E-state index in [1.165, 1.54) is 12.8 Å². The van der Waals surface area contributed by atoms with Crippen molar-refractivity contribution in [1.82, 2.24) is 0 Å². The van der Waals surface area contributed by atoms with Gasteiger partial charge in [-0.2, -0.15) is 12.6 Å². The Bertz CT molecular complexity index is 15.0. The molecule has 6 heavy (non-hydrogen) atoms. The average Bonchev–Trinajstić information content (AvgIpc) is 1.41. The summed E-state index contributed by atoms with van der Waals surface area (Å²) in [5, 5.41) is 0. The van der Waals surface area contributed by atoms with Crippen LogP contribution in [0.1, 0.15) is 19.8 Å². The van der Waals surface area contributed by atoms with Gasteiger partial charge in [0.1, 0.15) is 0 Å². The largest absolute Gasteiger partial charge is 0.179 e. The van der Waals surface area contributed by atoms with Crippen molar-refractivity contribution in [3.8, 4) is 0 Å². The second-order valence-electron chi connectivity index (χ2n) is 1.08. The van der Waals surface area contributed by atoms with Crippen LogP contribution in [0.2, 0.25) is 0 Å². The van der Waals surface area contributed by atoms with E-state index < -0.39 is 0 Å². The van der Waals surface area contributed by atoms with E-state index in [9.17, 15) is 0 Å². The monoisotopic (exact) mass is 97.1 g/mol. The SMILES string of the molecule is CCCCS.[Li]. The third-order valence-electron chi connectivity index (χ3n) is 0.512. The molecule has 0 amide bonds. The molecule has 0 unspecified atom stereocenters. The first-order valence-corrected chi connectivity index (χ1v) is 2.66. The zero-order chi connectivity index (χ0) is 4.12. The van der Waals surface area contributed by atoms with E-state index in [0.29, 0.717) is 0 Å². The van der Waals surface area contributed by atoms with Crippen molar-refractivity contribution in [2.24, 2.45) is 0 Å². The molecule has 0 N–H and O–H groups in total. The van der Waals surface area contributed by atoms with E-state index in [0.717, 1.165) is 5.75 Å². The quantitative estimate of drug-likeness (QED) is 0.390. The summed E-state index contributed by atoms with van der Waals surface area (Å²) in [6, 6.07) is 0. The molecule has 0 aromatic rings. The molecule has 1 radical (unpaired) electrons. The third-order valence-corrected chi connectivity index (χ3v) is 0.828. The summed E-state index contributed by atoms with van der Waals surface area (Å²) in [6.45, 7) is 2.16. The van der Waals surface area contributed by atoms with Crippen LogP contribution in [0.3, 0.4) is 0 Å². The van der Waals surface area contributed by atoms with Crippen molar-refractivity contribution < 1.29 is 0 Å². The van der Waals surface area contributed by atoms with Crippen LogP contribution in [0.25, 0.3) is 0 Å². The zero-order valence-electron chi connectivity index (χ0n) is 4.57. The molecular formula is C4H10LiS. The second kappa shape index (κ2) is 9.34. The summed E-state index contributed by atoms with van der Waals surface area (Å²) < 4.78 is 0.